The molecule has 4 nitrogen and oxygen atoms in total. The second-order valence-electron chi connectivity index (χ2n) is 7.56. The smallest absolute Gasteiger partial charge is 0.307 e. The summed E-state index contributed by atoms with van der Waals surface area (Å²) >= 11 is 0. The molecule has 4 heteroatoms. The zero-order chi connectivity index (χ0) is 15.6. The van der Waals surface area contributed by atoms with Crippen molar-refractivity contribution in [2.24, 2.45) is 17.3 Å². The van der Waals surface area contributed by atoms with E-state index in [4.69, 9.17) is 0 Å². The van der Waals surface area contributed by atoms with Gasteiger partial charge in [0.2, 0.25) is 0 Å². The molecule has 0 aromatic rings. The monoisotopic (exact) mass is 296 g/mol. The van der Waals surface area contributed by atoms with E-state index in [-0.39, 0.29) is 11.3 Å². The summed E-state index contributed by atoms with van der Waals surface area (Å²) in [5.41, 5.74) is -0.133. The molecule has 1 saturated carbocycles. The molecule has 2 rings (SSSR count). The molecule has 2 aliphatic rings. The van der Waals surface area contributed by atoms with Crippen molar-refractivity contribution in [1.82, 2.24) is 10.2 Å². The number of carboxylic acid groups (broad SMARTS) is 1. The number of rotatable bonds is 4. The molecular formula is C17H32N2O2. The van der Waals surface area contributed by atoms with Gasteiger partial charge in [0.15, 0.2) is 0 Å². The van der Waals surface area contributed by atoms with E-state index >= 15 is 0 Å². The summed E-state index contributed by atoms with van der Waals surface area (Å²) in [6.45, 7) is 12.3. The van der Waals surface area contributed by atoms with Crippen LogP contribution in [0.3, 0.4) is 0 Å². The molecular weight excluding hydrogens is 264 g/mol. The SMILES string of the molecule is CCN1CCC(NC2CCC(C(=O)O)C(C)(C)C2C)CC1. The average molecular weight is 296 g/mol. The molecule has 3 unspecified atom stereocenters. The fraction of sp³-hybridized carbons (Fsp3) is 0.941. The van der Waals surface area contributed by atoms with E-state index in [1.165, 1.54) is 25.9 Å². The number of likely N-dealkylation sites (tertiary alicyclic amines) is 1. The predicted octanol–water partition coefficient (Wildman–Crippen LogP) is 2.59. The van der Waals surface area contributed by atoms with Crippen LogP contribution in [0, 0.1) is 17.3 Å². The van der Waals surface area contributed by atoms with Crippen LogP contribution in [0.4, 0.5) is 0 Å². The fourth-order valence-corrected chi connectivity index (χ4v) is 4.19. The summed E-state index contributed by atoms with van der Waals surface area (Å²) in [6, 6.07) is 1.08. The average Bonchev–Trinajstić information content (AvgIpc) is 2.44. The summed E-state index contributed by atoms with van der Waals surface area (Å²) in [7, 11) is 0. The Morgan fingerprint density at radius 2 is 1.86 bits per heavy atom. The van der Waals surface area contributed by atoms with Gasteiger partial charge in [-0.1, -0.05) is 27.7 Å². The second-order valence-corrected chi connectivity index (χ2v) is 7.56. The van der Waals surface area contributed by atoms with Gasteiger partial charge in [0.05, 0.1) is 5.92 Å². The first-order valence-corrected chi connectivity index (χ1v) is 8.57. The number of nitrogens with zero attached hydrogens (tertiary/aromatic N) is 1. The Morgan fingerprint density at radius 3 is 2.38 bits per heavy atom. The summed E-state index contributed by atoms with van der Waals surface area (Å²) < 4.78 is 0. The number of hydrogen-bond donors (Lipinski definition) is 2. The molecule has 0 aromatic carbocycles. The molecule has 2 N–H and O–H groups in total. The van der Waals surface area contributed by atoms with Gasteiger partial charge in [-0.05, 0) is 56.7 Å². The Morgan fingerprint density at radius 1 is 1.24 bits per heavy atom. The van der Waals surface area contributed by atoms with Gasteiger partial charge in [-0.15, -0.1) is 0 Å². The van der Waals surface area contributed by atoms with Crippen LogP contribution in [0.15, 0.2) is 0 Å². The summed E-state index contributed by atoms with van der Waals surface area (Å²) in [5.74, 6) is -0.425. The highest BCUT2D eigenvalue weighted by atomic mass is 16.4. The van der Waals surface area contributed by atoms with Crippen LogP contribution >= 0.6 is 0 Å². The van der Waals surface area contributed by atoms with Crippen LogP contribution in [-0.4, -0.2) is 47.7 Å². The van der Waals surface area contributed by atoms with E-state index in [9.17, 15) is 9.90 Å². The lowest BCUT2D eigenvalue weighted by Gasteiger charge is -2.48. The van der Waals surface area contributed by atoms with Gasteiger partial charge in [-0.25, -0.2) is 0 Å². The maximum Gasteiger partial charge on any atom is 0.307 e. The van der Waals surface area contributed by atoms with Gasteiger partial charge in [0, 0.05) is 12.1 Å². The van der Waals surface area contributed by atoms with Gasteiger partial charge in [-0.3, -0.25) is 4.79 Å². The van der Waals surface area contributed by atoms with Crippen molar-refractivity contribution in [1.29, 1.82) is 0 Å². The van der Waals surface area contributed by atoms with E-state index in [0.29, 0.717) is 18.0 Å². The minimum Gasteiger partial charge on any atom is -0.481 e. The lowest BCUT2D eigenvalue weighted by Crippen LogP contribution is -2.55. The molecule has 1 aliphatic carbocycles. The van der Waals surface area contributed by atoms with Gasteiger partial charge < -0.3 is 15.3 Å². The fourth-order valence-electron chi connectivity index (χ4n) is 4.19. The van der Waals surface area contributed by atoms with Crippen LogP contribution < -0.4 is 5.32 Å². The third-order valence-corrected chi connectivity index (χ3v) is 6.22. The van der Waals surface area contributed by atoms with Crippen molar-refractivity contribution in [3.8, 4) is 0 Å². The largest absolute Gasteiger partial charge is 0.481 e. The maximum absolute atomic E-state index is 11.5. The van der Waals surface area contributed by atoms with Gasteiger partial charge >= 0.3 is 5.97 Å². The molecule has 21 heavy (non-hydrogen) atoms. The molecule has 0 amide bonds. The van der Waals surface area contributed by atoms with Crippen LogP contribution in [-0.2, 0) is 4.79 Å². The van der Waals surface area contributed by atoms with E-state index in [1.807, 2.05) is 0 Å². The van der Waals surface area contributed by atoms with E-state index in [0.717, 1.165) is 19.4 Å². The van der Waals surface area contributed by atoms with Crippen LogP contribution in [0.25, 0.3) is 0 Å². The Hall–Kier alpha value is -0.610. The van der Waals surface area contributed by atoms with Crippen molar-refractivity contribution >= 4 is 5.97 Å². The zero-order valence-corrected chi connectivity index (χ0v) is 14.1. The number of carboxylic acids is 1. The van der Waals surface area contributed by atoms with Crippen LogP contribution in [0.5, 0.6) is 0 Å². The molecule has 0 bridgehead atoms. The summed E-state index contributed by atoms with van der Waals surface area (Å²) in [4.78, 5) is 14.0. The highest BCUT2D eigenvalue weighted by Gasteiger charge is 2.46. The highest BCUT2D eigenvalue weighted by molar-refractivity contribution is 5.71. The Bertz CT molecular complexity index is 362. The molecule has 0 radical (unpaired) electrons. The van der Waals surface area contributed by atoms with E-state index < -0.39 is 5.97 Å². The van der Waals surface area contributed by atoms with Crippen molar-refractivity contribution in [2.45, 2.75) is 65.5 Å². The van der Waals surface area contributed by atoms with Crippen molar-refractivity contribution < 1.29 is 9.90 Å². The lowest BCUT2D eigenvalue weighted by atomic mass is 9.61. The Balaban J connectivity index is 1.92. The minimum absolute atomic E-state index is 0.133. The molecule has 2 fully saturated rings. The third kappa shape index (κ3) is 3.59. The number of carbonyl (C=O) groups is 1. The number of nitrogens with one attached hydrogen (secondary N) is 1. The number of piperidine rings is 1. The number of aliphatic carboxylic acids is 1. The Labute approximate surface area is 129 Å². The molecule has 3 atom stereocenters. The first kappa shape index (κ1) is 16.8. The van der Waals surface area contributed by atoms with Crippen molar-refractivity contribution in [3.63, 3.8) is 0 Å². The Kier molecular flexibility index (Phi) is 5.31. The lowest BCUT2D eigenvalue weighted by molar-refractivity contribution is -0.150. The summed E-state index contributed by atoms with van der Waals surface area (Å²) in [6.07, 6.45) is 4.24. The van der Waals surface area contributed by atoms with Gasteiger partial charge in [0.1, 0.15) is 0 Å². The highest BCUT2D eigenvalue weighted by Crippen LogP contribution is 2.45. The van der Waals surface area contributed by atoms with Gasteiger partial charge in [0.25, 0.3) is 0 Å². The quantitative estimate of drug-likeness (QED) is 0.837. The normalized spacial score (nSPS) is 34.8. The topological polar surface area (TPSA) is 52.6 Å². The van der Waals surface area contributed by atoms with Crippen LogP contribution in [0.1, 0.15) is 53.4 Å². The predicted molar refractivity (Wildman–Crippen MR) is 85.4 cm³/mol. The molecule has 0 spiro atoms. The van der Waals surface area contributed by atoms with E-state index in [1.54, 1.807) is 0 Å². The van der Waals surface area contributed by atoms with Crippen molar-refractivity contribution in [3.05, 3.63) is 0 Å². The first-order chi connectivity index (χ1) is 9.86. The van der Waals surface area contributed by atoms with Crippen molar-refractivity contribution in [2.75, 3.05) is 19.6 Å². The molecule has 1 saturated heterocycles. The molecule has 1 aliphatic heterocycles. The summed E-state index contributed by atoms with van der Waals surface area (Å²) in [5, 5.41) is 13.3. The first-order valence-electron chi connectivity index (χ1n) is 8.57. The van der Waals surface area contributed by atoms with Gasteiger partial charge in [-0.2, -0.15) is 0 Å². The molecule has 1 heterocycles. The van der Waals surface area contributed by atoms with E-state index in [2.05, 4.69) is 37.9 Å². The minimum atomic E-state index is -0.624. The van der Waals surface area contributed by atoms with Crippen LogP contribution in [0.2, 0.25) is 0 Å². The maximum atomic E-state index is 11.5. The number of hydrogen-bond acceptors (Lipinski definition) is 3. The third-order valence-electron chi connectivity index (χ3n) is 6.22. The zero-order valence-electron chi connectivity index (χ0n) is 14.1. The second kappa shape index (κ2) is 6.66. The standard InChI is InChI=1S/C17H32N2O2/c1-5-19-10-8-13(9-11-19)18-15-7-6-14(16(20)21)17(3,4)12(15)2/h12-15,18H,5-11H2,1-4H3,(H,20,21). The molecule has 0 aromatic heterocycles. The molecule has 122 valence electrons.